The number of alkyl carbamates (subject to hydrolysis) is 1. The van der Waals surface area contributed by atoms with Gasteiger partial charge in [-0.25, -0.2) is 9.59 Å². The van der Waals surface area contributed by atoms with Crippen molar-refractivity contribution < 1.29 is 32.6 Å². The Bertz CT molecular complexity index is 634. The molecule has 1 atom stereocenters. The summed E-state index contributed by atoms with van der Waals surface area (Å²) in [6.45, 7) is 4.75. The number of nitrogens with one attached hydrogen (secondary N) is 1. The Balaban J connectivity index is 2.97. The molecule has 0 radical (unpaired) electrons. The number of rotatable bonds is 5. The Morgan fingerprint density at radius 2 is 1.76 bits per heavy atom. The molecule has 25 heavy (non-hydrogen) atoms. The highest BCUT2D eigenvalue weighted by atomic mass is 19.4. The second-order valence-electron chi connectivity index (χ2n) is 6.25. The zero-order valence-corrected chi connectivity index (χ0v) is 14.1. The van der Waals surface area contributed by atoms with Crippen molar-refractivity contribution >= 4 is 17.6 Å². The number of aliphatic carboxylic acids is 1. The normalized spacial score (nSPS) is 13.9. The molecule has 0 unspecified atom stereocenters. The third kappa shape index (κ3) is 7.28. The summed E-state index contributed by atoms with van der Waals surface area (Å²) in [4.78, 5) is 22.9. The maximum absolute atomic E-state index is 13.2. The minimum Gasteiger partial charge on any atom is -0.480 e. The SMILES string of the molecule is CC(C)(C)OC(=O)N[C@@H](C/C=C(/c1ccccc1)C(F)(F)F)C(=O)O. The molecule has 8 heteroatoms. The van der Waals surface area contributed by atoms with Crippen molar-refractivity contribution in [3.05, 3.63) is 42.0 Å². The summed E-state index contributed by atoms with van der Waals surface area (Å²) in [7, 11) is 0. The number of carbonyl (C=O) groups excluding carboxylic acids is 1. The van der Waals surface area contributed by atoms with E-state index < -0.39 is 41.9 Å². The Morgan fingerprint density at radius 3 is 2.20 bits per heavy atom. The number of allylic oxidation sites excluding steroid dienone is 1. The fraction of sp³-hybridized carbons (Fsp3) is 0.412. The molecule has 0 fully saturated rings. The van der Waals surface area contributed by atoms with Gasteiger partial charge in [0.05, 0.1) is 5.57 Å². The highest BCUT2D eigenvalue weighted by Crippen LogP contribution is 2.34. The lowest BCUT2D eigenvalue weighted by atomic mass is 10.0. The molecule has 1 rings (SSSR count). The van der Waals surface area contributed by atoms with Crippen molar-refractivity contribution in [3.63, 3.8) is 0 Å². The third-order valence-corrected chi connectivity index (χ3v) is 2.94. The van der Waals surface area contributed by atoms with Crippen molar-refractivity contribution in [2.24, 2.45) is 0 Å². The predicted octanol–water partition coefficient (Wildman–Crippen LogP) is 4.00. The number of carboxylic acid groups (broad SMARTS) is 1. The van der Waals surface area contributed by atoms with Gasteiger partial charge in [0.1, 0.15) is 11.6 Å². The second-order valence-corrected chi connectivity index (χ2v) is 6.25. The minimum absolute atomic E-state index is 0.0867. The van der Waals surface area contributed by atoms with Crippen LogP contribution in [0.3, 0.4) is 0 Å². The van der Waals surface area contributed by atoms with Crippen molar-refractivity contribution in [1.29, 1.82) is 0 Å². The molecule has 138 valence electrons. The summed E-state index contributed by atoms with van der Waals surface area (Å²) in [6, 6.07) is 5.47. The van der Waals surface area contributed by atoms with Crippen LogP contribution in [0.2, 0.25) is 0 Å². The van der Waals surface area contributed by atoms with Crippen LogP contribution in [0.15, 0.2) is 36.4 Å². The van der Waals surface area contributed by atoms with Crippen LogP contribution >= 0.6 is 0 Å². The Kier molecular flexibility index (Phi) is 6.61. The van der Waals surface area contributed by atoms with Crippen LogP contribution in [0.1, 0.15) is 32.8 Å². The van der Waals surface area contributed by atoms with Gasteiger partial charge in [-0.05, 0) is 32.8 Å². The highest BCUT2D eigenvalue weighted by molar-refractivity contribution is 5.81. The van der Waals surface area contributed by atoms with Crippen molar-refractivity contribution in [1.82, 2.24) is 5.32 Å². The summed E-state index contributed by atoms with van der Waals surface area (Å²) in [6.07, 6.45) is -5.46. The largest absolute Gasteiger partial charge is 0.480 e. The lowest BCUT2D eigenvalue weighted by Gasteiger charge is -2.21. The van der Waals surface area contributed by atoms with E-state index in [1.165, 1.54) is 24.3 Å². The van der Waals surface area contributed by atoms with E-state index in [0.717, 1.165) is 6.08 Å². The second kappa shape index (κ2) is 8.04. The molecule has 1 aromatic carbocycles. The van der Waals surface area contributed by atoms with E-state index in [1.54, 1.807) is 26.8 Å². The van der Waals surface area contributed by atoms with Gasteiger partial charge in [0.15, 0.2) is 0 Å². The number of carbonyl (C=O) groups is 2. The highest BCUT2D eigenvalue weighted by Gasteiger charge is 2.35. The molecule has 0 aromatic heterocycles. The Labute approximate surface area is 143 Å². The van der Waals surface area contributed by atoms with Crippen molar-refractivity contribution in [3.8, 4) is 0 Å². The minimum atomic E-state index is -4.66. The Hall–Kier alpha value is -2.51. The van der Waals surface area contributed by atoms with E-state index in [9.17, 15) is 22.8 Å². The predicted molar refractivity (Wildman–Crippen MR) is 85.9 cm³/mol. The quantitative estimate of drug-likeness (QED) is 0.833. The van der Waals surface area contributed by atoms with Gasteiger partial charge in [-0.15, -0.1) is 0 Å². The van der Waals surface area contributed by atoms with E-state index >= 15 is 0 Å². The van der Waals surface area contributed by atoms with E-state index in [4.69, 9.17) is 9.84 Å². The van der Waals surface area contributed by atoms with E-state index in [1.807, 2.05) is 0 Å². The van der Waals surface area contributed by atoms with Crippen LogP contribution in [0, 0.1) is 0 Å². The van der Waals surface area contributed by atoms with Crippen LogP contribution in [0.5, 0.6) is 0 Å². The van der Waals surface area contributed by atoms with Gasteiger partial charge in [0.2, 0.25) is 0 Å². The van der Waals surface area contributed by atoms with E-state index in [2.05, 4.69) is 5.32 Å². The van der Waals surface area contributed by atoms with Crippen LogP contribution in [-0.4, -0.2) is 35.0 Å². The first-order valence-electron chi connectivity index (χ1n) is 7.45. The molecule has 1 amide bonds. The molecule has 0 heterocycles. The first-order valence-corrected chi connectivity index (χ1v) is 7.45. The molecular formula is C17H20F3NO4. The number of ether oxygens (including phenoxy) is 1. The third-order valence-electron chi connectivity index (χ3n) is 2.94. The van der Waals surface area contributed by atoms with Crippen molar-refractivity contribution in [2.45, 2.75) is 45.0 Å². The van der Waals surface area contributed by atoms with Gasteiger partial charge >= 0.3 is 18.2 Å². The monoisotopic (exact) mass is 359 g/mol. The zero-order chi connectivity index (χ0) is 19.3. The summed E-state index contributed by atoms with van der Waals surface area (Å²) in [5.74, 6) is -1.46. The fourth-order valence-corrected chi connectivity index (χ4v) is 1.92. The smallest absolute Gasteiger partial charge is 0.416 e. The summed E-state index contributed by atoms with van der Waals surface area (Å²) < 4.78 is 44.6. The molecule has 5 nitrogen and oxygen atoms in total. The number of benzene rings is 1. The number of amides is 1. The van der Waals surface area contributed by atoms with Gasteiger partial charge in [-0.3, -0.25) is 0 Å². The molecule has 0 saturated heterocycles. The average molecular weight is 359 g/mol. The Morgan fingerprint density at radius 1 is 1.20 bits per heavy atom. The van der Waals surface area contributed by atoms with Gasteiger partial charge in [-0.2, -0.15) is 13.2 Å². The molecule has 0 aliphatic carbocycles. The van der Waals surface area contributed by atoms with Gasteiger partial charge in [0, 0.05) is 0 Å². The maximum atomic E-state index is 13.2. The topological polar surface area (TPSA) is 75.6 Å². The lowest BCUT2D eigenvalue weighted by molar-refractivity contribution is -0.139. The van der Waals surface area contributed by atoms with Crippen LogP contribution in [0.25, 0.3) is 5.57 Å². The van der Waals surface area contributed by atoms with Crippen molar-refractivity contribution in [2.75, 3.05) is 0 Å². The van der Waals surface area contributed by atoms with Gasteiger partial charge in [0.25, 0.3) is 0 Å². The molecule has 2 N–H and O–H groups in total. The number of carboxylic acids is 1. The van der Waals surface area contributed by atoms with Gasteiger partial charge < -0.3 is 15.2 Å². The molecule has 0 aliphatic rings. The summed E-state index contributed by atoms with van der Waals surface area (Å²) in [5, 5.41) is 11.2. The number of alkyl halides is 3. The van der Waals surface area contributed by atoms with Crippen LogP contribution < -0.4 is 5.32 Å². The number of hydrogen-bond donors (Lipinski definition) is 2. The summed E-state index contributed by atoms with van der Waals surface area (Å²) >= 11 is 0. The average Bonchev–Trinajstić information content (AvgIpc) is 2.43. The van der Waals surface area contributed by atoms with Crippen LogP contribution in [0.4, 0.5) is 18.0 Å². The summed E-state index contributed by atoms with van der Waals surface area (Å²) in [5.41, 5.74) is -1.91. The standard InChI is InChI=1S/C17H20F3NO4/c1-16(2,3)25-15(24)21-13(14(22)23)10-9-12(17(18,19)20)11-7-5-4-6-8-11/h4-9,13H,10H2,1-3H3,(H,21,24)(H,22,23)/b12-9-/t13-/m0/s1. The number of hydrogen-bond acceptors (Lipinski definition) is 3. The first kappa shape index (κ1) is 20.5. The van der Waals surface area contributed by atoms with E-state index in [0.29, 0.717) is 0 Å². The zero-order valence-electron chi connectivity index (χ0n) is 14.1. The lowest BCUT2D eigenvalue weighted by Crippen LogP contribution is -2.43. The molecule has 0 saturated carbocycles. The van der Waals surface area contributed by atoms with Gasteiger partial charge in [-0.1, -0.05) is 36.4 Å². The fourth-order valence-electron chi connectivity index (χ4n) is 1.92. The van der Waals surface area contributed by atoms with Crippen LogP contribution in [-0.2, 0) is 9.53 Å². The molecule has 1 aromatic rings. The molecular weight excluding hydrogens is 339 g/mol. The number of halogens is 3. The molecule has 0 spiro atoms. The van der Waals surface area contributed by atoms with E-state index in [-0.39, 0.29) is 5.56 Å². The first-order chi connectivity index (χ1) is 11.4. The maximum Gasteiger partial charge on any atom is 0.416 e. The molecule has 0 aliphatic heterocycles. The molecule has 0 bridgehead atoms.